The lowest BCUT2D eigenvalue weighted by molar-refractivity contribution is 0.139. The molecule has 248 valence electrons. The molecule has 0 spiro atoms. The summed E-state index contributed by atoms with van der Waals surface area (Å²) in [4.78, 5) is 12.6. The van der Waals surface area contributed by atoms with Crippen molar-refractivity contribution >= 4 is 7.82 Å². The smallest absolute Gasteiger partial charge is 0.303 e. The van der Waals surface area contributed by atoms with E-state index in [9.17, 15) is 9.46 Å². The molecule has 0 aromatic carbocycles. The van der Waals surface area contributed by atoms with E-state index in [1.54, 1.807) is 0 Å². The Bertz CT molecular complexity index is 528. The van der Waals surface area contributed by atoms with Crippen LogP contribution in [0.5, 0.6) is 0 Å². The van der Waals surface area contributed by atoms with Gasteiger partial charge >= 0.3 is 7.82 Å². The maximum Gasteiger partial charge on any atom is 0.472 e. The molecule has 5 nitrogen and oxygen atoms in total. The SMILES string of the molecule is CCCCCCCCCCCCOP(=O)(O)OCCCN(CCCCCCCCCC)CCCCCCCCCC. The molecule has 0 aromatic heterocycles. The highest BCUT2D eigenvalue weighted by molar-refractivity contribution is 7.47. The Morgan fingerprint density at radius 1 is 0.415 bits per heavy atom. The van der Waals surface area contributed by atoms with Crippen molar-refractivity contribution in [2.24, 2.45) is 0 Å². The highest BCUT2D eigenvalue weighted by atomic mass is 31.2. The lowest BCUT2D eigenvalue weighted by Gasteiger charge is -2.22. The van der Waals surface area contributed by atoms with Gasteiger partial charge in [0.1, 0.15) is 0 Å². The predicted octanol–water partition coefficient (Wildman–Crippen LogP) is 12.0. The molecule has 0 aliphatic carbocycles. The van der Waals surface area contributed by atoms with Crippen molar-refractivity contribution < 1.29 is 18.5 Å². The van der Waals surface area contributed by atoms with Gasteiger partial charge in [0, 0.05) is 6.54 Å². The van der Waals surface area contributed by atoms with Gasteiger partial charge in [0.25, 0.3) is 0 Å². The first kappa shape index (κ1) is 41.1. The summed E-state index contributed by atoms with van der Waals surface area (Å²) in [6.45, 7) is 10.6. The molecule has 0 rings (SSSR count). The van der Waals surface area contributed by atoms with Gasteiger partial charge in [-0.15, -0.1) is 0 Å². The van der Waals surface area contributed by atoms with Crippen LogP contribution in [0.2, 0.25) is 0 Å². The third-order valence-corrected chi connectivity index (χ3v) is 9.30. The maximum atomic E-state index is 12.3. The van der Waals surface area contributed by atoms with Crippen LogP contribution >= 0.6 is 7.82 Å². The summed E-state index contributed by atoms with van der Waals surface area (Å²) in [5.41, 5.74) is 0. The number of phosphoric acid groups is 1. The fraction of sp³-hybridized carbons (Fsp3) is 1.00. The zero-order chi connectivity index (χ0) is 30.1. The van der Waals surface area contributed by atoms with E-state index in [2.05, 4.69) is 25.7 Å². The Morgan fingerprint density at radius 2 is 0.683 bits per heavy atom. The summed E-state index contributed by atoms with van der Waals surface area (Å²) < 4.78 is 22.8. The Labute approximate surface area is 257 Å². The Kier molecular flexibility index (Phi) is 33.0. The summed E-state index contributed by atoms with van der Waals surface area (Å²) in [5.74, 6) is 0. The average Bonchev–Trinajstić information content (AvgIpc) is 2.96. The molecule has 0 amide bonds. The van der Waals surface area contributed by atoms with E-state index in [-0.39, 0.29) is 6.61 Å². The van der Waals surface area contributed by atoms with E-state index in [0.717, 1.165) is 38.9 Å². The highest BCUT2D eigenvalue weighted by Crippen LogP contribution is 2.43. The molecule has 1 unspecified atom stereocenters. The van der Waals surface area contributed by atoms with Crippen molar-refractivity contribution in [2.45, 2.75) is 194 Å². The fourth-order valence-corrected chi connectivity index (χ4v) is 6.34. The van der Waals surface area contributed by atoms with Crippen molar-refractivity contribution in [3.8, 4) is 0 Å². The second-order valence-electron chi connectivity index (χ2n) is 12.5. The molecule has 0 heterocycles. The second kappa shape index (κ2) is 33.0. The number of unbranched alkanes of at least 4 members (excludes halogenated alkanes) is 23. The van der Waals surface area contributed by atoms with E-state index in [4.69, 9.17) is 9.05 Å². The largest absolute Gasteiger partial charge is 0.472 e. The molecule has 6 heteroatoms. The number of phosphoric ester groups is 1. The molecule has 0 saturated carbocycles. The number of hydrogen-bond donors (Lipinski definition) is 1. The molecule has 0 aliphatic rings. The zero-order valence-corrected chi connectivity index (χ0v) is 29.1. The normalized spacial score (nSPS) is 13.3. The van der Waals surface area contributed by atoms with Crippen LogP contribution in [0.25, 0.3) is 0 Å². The number of hydrogen-bond acceptors (Lipinski definition) is 4. The third kappa shape index (κ3) is 32.8. The summed E-state index contributed by atoms with van der Waals surface area (Å²) >= 11 is 0. The minimum atomic E-state index is -3.93. The monoisotopic (exact) mass is 604 g/mol. The van der Waals surface area contributed by atoms with Gasteiger partial charge in [0.15, 0.2) is 0 Å². The highest BCUT2D eigenvalue weighted by Gasteiger charge is 2.20. The van der Waals surface area contributed by atoms with Crippen LogP contribution in [0, 0.1) is 0 Å². The van der Waals surface area contributed by atoms with Crippen molar-refractivity contribution in [1.82, 2.24) is 4.90 Å². The van der Waals surface area contributed by atoms with E-state index in [0.29, 0.717) is 6.61 Å². The van der Waals surface area contributed by atoms with Crippen LogP contribution in [0.3, 0.4) is 0 Å². The van der Waals surface area contributed by atoms with Crippen molar-refractivity contribution in [3.63, 3.8) is 0 Å². The van der Waals surface area contributed by atoms with Crippen LogP contribution in [0.1, 0.15) is 194 Å². The summed E-state index contributed by atoms with van der Waals surface area (Å²) in [6, 6.07) is 0. The van der Waals surface area contributed by atoms with Crippen LogP contribution in [0.15, 0.2) is 0 Å². The van der Waals surface area contributed by atoms with Crippen LogP contribution in [0.4, 0.5) is 0 Å². The molecule has 0 fully saturated rings. The summed E-state index contributed by atoms with van der Waals surface area (Å²) in [5, 5.41) is 0. The standard InChI is InChI=1S/C35H74NO4P/c1-4-7-10-13-16-19-20-23-26-29-34-39-41(37,38)40-35-30-33-36(31-27-24-21-17-14-11-8-5-2)32-28-25-22-18-15-12-9-6-3/h4-35H2,1-3H3,(H,37,38). The second-order valence-corrected chi connectivity index (χ2v) is 13.9. The van der Waals surface area contributed by atoms with Crippen LogP contribution in [-0.2, 0) is 13.6 Å². The lowest BCUT2D eigenvalue weighted by atomic mass is 10.1. The quantitative estimate of drug-likeness (QED) is 0.0577. The Hall–Kier alpha value is 0.0700. The van der Waals surface area contributed by atoms with Crippen molar-refractivity contribution in [2.75, 3.05) is 32.8 Å². The summed E-state index contributed by atoms with van der Waals surface area (Å²) in [7, 11) is -3.93. The van der Waals surface area contributed by atoms with E-state index < -0.39 is 7.82 Å². The van der Waals surface area contributed by atoms with Gasteiger partial charge in [0.2, 0.25) is 0 Å². The minimum absolute atomic E-state index is 0.289. The Morgan fingerprint density at radius 3 is 1.05 bits per heavy atom. The topological polar surface area (TPSA) is 59.0 Å². The number of nitrogens with zero attached hydrogens (tertiary/aromatic N) is 1. The zero-order valence-electron chi connectivity index (χ0n) is 28.2. The average molecular weight is 604 g/mol. The van der Waals surface area contributed by atoms with Crippen LogP contribution < -0.4 is 0 Å². The van der Waals surface area contributed by atoms with Gasteiger partial charge < -0.3 is 9.79 Å². The molecule has 41 heavy (non-hydrogen) atoms. The first-order valence-corrected chi connectivity index (χ1v) is 19.9. The van der Waals surface area contributed by atoms with Crippen LogP contribution in [-0.4, -0.2) is 42.6 Å². The predicted molar refractivity (Wildman–Crippen MR) is 180 cm³/mol. The molecule has 0 aliphatic heterocycles. The molecule has 0 saturated heterocycles. The van der Waals surface area contributed by atoms with Gasteiger partial charge in [-0.3, -0.25) is 9.05 Å². The molecular formula is C35H74NO4P. The van der Waals surface area contributed by atoms with Crippen molar-refractivity contribution in [1.29, 1.82) is 0 Å². The van der Waals surface area contributed by atoms with Crippen molar-refractivity contribution in [3.05, 3.63) is 0 Å². The molecule has 1 atom stereocenters. The Balaban J connectivity index is 4.04. The van der Waals surface area contributed by atoms with Gasteiger partial charge in [-0.1, -0.05) is 168 Å². The first-order valence-electron chi connectivity index (χ1n) is 18.4. The van der Waals surface area contributed by atoms with Gasteiger partial charge in [-0.25, -0.2) is 4.57 Å². The molecule has 1 N–H and O–H groups in total. The fourth-order valence-electron chi connectivity index (χ4n) is 5.55. The van der Waals surface area contributed by atoms with E-state index in [1.165, 1.54) is 154 Å². The minimum Gasteiger partial charge on any atom is -0.303 e. The molecule has 0 aromatic rings. The van der Waals surface area contributed by atoms with Gasteiger partial charge in [-0.05, 0) is 38.8 Å². The van der Waals surface area contributed by atoms with Gasteiger partial charge in [-0.2, -0.15) is 0 Å². The maximum absolute atomic E-state index is 12.3. The van der Waals surface area contributed by atoms with Gasteiger partial charge in [0.05, 0.1) is 13.2 Å². The molecule has 0 radical (unpaired) electrons. The third-order valence-electron chi connectivity index (χ3n) is 8.28. The summed E-state index contributed by atoms with van der Waals surface area (Å²) in [6.07, 6.45) is 34.6. The van der Waals surface area contributed by atoms with E-state index in [1.807, 2.05) is 0 Å². The first-order chi connectivity index (χ1) is 20.1. The number of rotatable bonds is 35. The lowest BCUT2D eigenvalue weighted by Crippen LogP contribution is -2.28. The molecule has 0 bridgehead atoms. The van der Waals surface area contributed by atoms with E-state index >= 15 is 0 Å². The molecular weight excluding hydrogens is 529 g/mol.